The average molecular weight is 1200 g/mol. The van der Waals surface area contributed by atoms with Crippen LogP contribution in [0, 0.1) is 134 Å². The first-order valence-electron chi connectivity index (χ1n) is 47.8. The Bertz CT molecular complexity index is 4200. The highest BCUT2D eigenvalue weighted by molar-refractivity contribution is 5.32. The quantitative estimate of drug-likeness (QED) is 0.162. The summed E-state index contributed by atoms with van der Waals surface area (Å²) in [6.07, 6.45) is -51.5. The molecule has 86 heavy (non-hydrogen) atoms. The molecule has 0 atom stereocenters. The smallest absolute Gasteiger partial charge is 0.0269 e. The highest BCUT2D eigenvalue weighted by Gasteiger charge is 2.12. The summed E-state index contributed by atoms with van der Waals surface area (Å²) in [5, 5.41) is 0. The number of hydrogen-bond acceptors (Lipinski definition) is 0. The first-order valence-corrected chi connectivity index (χ1v) is 29.8. The van der Waals surface area contributed by atoms with Crippen LogP contribution < -0.4 is 0 Å². The van der Waals surface area contributed by atoms with Crippen molar-refractivity contribution in [3.8, 4) is 0 Å². The molecule has 0 aliphatic heterocycles. The van der Waals surface area contributed by atoms with Crippen molar-refractivity contribution in [2.24, 2.45) is 23.7 Å². The molecule has 0 radical (unpaired) electrons. The largest absolute Gasteiger partial charge is 0.0651 e. The van der Waals surface area contributed by atoms with E-state index in [1.165, 1.54) is 110 Å². The molecule has 0 aromatic heterocycles. The lowest BCUT2D eigenvalue weighted by molar-refractivity contribution is 0.349. The van der Waals surface area contributed by atoms with Gasteiger partial charge in [0, 0.05) is 49.3 Å². The highest BCUT2D eigenvalue weighted by atomic mass is 14.2. The third kappa shape index (κ3) is 41.6. The van der Waals surface area contributed by atoms with Gasteiger partial charge in [-0.25, -0.2) is 0 Å². The van der Waals surface area contributed by atoms with Gasteiger partial charge >= 0.3 is 0 Å². The molecule has 11 rings (SSSR count). The molecule has 0 saturated heterocycles. The second-order valence-electron chi connectivity index (χ2n) is 21.6. The summed E-state index contributed by atoms with van der Waals surface area (Å²) in [6.45, 7) is 39.2. The molecule has 0 heteroatoms. The van der Waals surface area contributed by atoms with Crippen molar-refractivity contribution in [3.63, 3.8) is 0 Å². The van der Waals surface area contributed by atoms with E-state index in [9.17, 15) is 0 Å². The number of aryl methyl sites for hydroxylation is 15. The van der Waals surface area contributed by atoms with Crippen LogP contribution in [-0.4, -0.2) is 0 Å². The van der Waals surface area contributed by atoms with Crippen LogP contribution in [0.25, 0.3) is 0 Å². The van der Waals surface area contributed by atoms with Gasteiger partial charge in [0.15, 0.2) is 0 Å². The summed E-state index contributed by atoms with van der Waals surface area (Å²) in [5.41, 5.74) is 21.7. The van der Waals surface area contributed by atoms with Crippen LogP contribution in [0.15, 0.2) is 158 Å². The topological polar surface area (TPSA) is 0 Å². The van der Waals surface area contributed by atoms with Gasteiger partial charge in [0.1, 0.15) is 0 Å². The van der Waals surface area contributed by atoms with Crippen LogP contribution in [0.2, 0.25) is 0 Å². The molecule has 0 amide bonds. The molecular formula is C86H130. The Labute approximate surface area is 584 Å². The van der Waals surface area contributed by atoms with E-state index in [0.29, 0.717) is 0 Å². The van der Waals surface area contributed by atoms with Gasteiger partial charge in [0.25, 0.3) is 0 Å². The van der Waals surface area contributed by atoms with Crippen LogP contribution in [0.5, 0.6) is 0 Å². The van der Waals surface area contributed by atoms with Gasteiger partial charge in [-0.3, -0.25) is 0 Å². The number of benzene rings is 7. The predicted octanol–water partition coefficient (Wildman–Crippen LogP) is 27.1. The molecule has 0 heterocycles. The standard InChI is InChI=1S/3C9H12.3C8H10.C8H16.C7H14.C7H8.C7H14.C6H12/c1-7-4-8(2)6-9(3)5-7;1-7-4-5-8(2)9(3)6-7;1-7-5-4-6-8(2)9(7)3;1-7-3-5-8(2)6-4-7;1-7-4-3-5-8(2)6-7;1-7-5-3-4-6-8(7)2;1-2-8-6-4-3-5-7-8;2*1-7-5-3-2-4-6-7;1-2-7-5-3-4-6-7;1-6-4-2-3-5-6/h3*4-6H,1-3H3;3*3-6H,1-2H3;8H,2-7H2,1H3;7H,2-6H2,1H3;2-6H,1H3;7H,2-6H2,1H3;6H,2-5H2,1H3/i;;;;;;3D2,4D2,5D2,6D2,7D2;2D2,3D2,4D2,5D2,6D2;;3D2,4D2,5D2,6D2;2D2,3D2,4D2,5D2. The molecule has 4 fully saturated rings. The molecule has 4 saturated carbocycles. The zero-order valence-corrected chi connectivity index (χ0v) is 55.7. The Hall–Kier alpha value is -5.46. The van der Waals surface area contributed by atoms with Crippen molar-refractivity contribution in [1.82, 2.24) is 0 Å². The minimum atomic E-state index is -3.27. The maximum atomic E-state index is 7.72. The van der Waals surface area contributed by atoms with Gasteiger partial charge in [-0.15, -0.1) is 0 Å². The Morgan fingerprint density at radius 2 is 0.523 bits per heavy atom. The van der Waals surface area contributed by atoms with E-state index in [4.69, 9.17) is 49.3 Å². The third-order valence-electron chi connectivity index (χ3n) is 13.0. The fraction of sp³-hybridized carbons (Fsp3) is 0.512. The van der Waals surface area contributed by atoms with E-state index in [1.54, 1.807) is 0 Å². The van der Waals surface area contributed by atoms with Gasteiger partial charge < -0.3 is 0 Å². The van der Waals surface area contributed by atoms with Gasteiger partial charge in [0.05, 0.1) is 0 Å². The van der Waals surface area contributed by atoms with E-state index in [1.807, 2.05) is 18.2 Å². The van der Waals surface area contributed by atoms with Crippen LogP contribution in [0.3, 0.4) is 0 Å². The number of rotatable bonds is 2. The number of hydrogen-bond donors (Lipinski definition) is 0. The van der Waals surface area contributed by atoms with Crippen molar-refractivity contribution in [3.05, 3.63) is 247 Å². The van der Waals surface area contributed by atoms with Crippen LogP contribution >= 0.6 is 0 Å². The molecule has 4 aliphatic carbocycles. The van der Waals surface area contributed by atoms with Crippen molar-refractivity contribution >= 4 is 0 Å². The highest BCUT2D eigenvalue weighted by Crippen LogP contribution is 2.27. The van der Waals surface area contributed by atoms with Crippen molar-refractivity contribution in [2.75, 3.05) is 0 Å². The monoisotopic (exact) mass is 1200 g/mol. The molecule has 474 valence electrons. The van der Waals surface area contributed by atoms with Crippen molar-refractivity contribution < 1.29 is 49.3 Å². The maximum Gasteiger partial charge on any atom is 0.0269 e. The first-order chi connectivity index (χ1) is 54.6. The normalized spacial score (nSPS) is 31.0. The molecule has 0 spiro atoms. The Morgan fingerprint density at radius 3 is 0.814 bits per heavy atom. The fourth-order valence-electron chi connectivity index (χ4n) is 7.32. The summed E-state index contributed by atoms with van der Waals surface area (Å²) < 4.78 is 271. The van der Waals surface area contributed by atoms with Gasteiger partial charge in [-0.1, -0.05) is 363 Å². The van der Waals surface area contributed by atoms with E-state index < -0.39 is 138 Å². The SMILES string of the molecule is Cc1cc(C)cc(C)c1.Cc1ccc(C)c(C)c1.Cc1ccc(C)cc1.Cc1cccc(C)c1.Cc1cccc(C)c1C.Cc1ccccc1.Cc1ccccc1C.[2H]C1([2H])C(C)C([2H])([2H])C([2H])([2H])C([2H])([2H])C1([2H])[2H].[2H]C1([2H])C(C)C([2H])([2H])C([2H])([2H])C1([2H])[2H].[2H]C1([2H])C(CC)C([2H])([2H])C([2H])([2H])C([2H])([2H])C1([2H])[2H].[2H]C1([2H])C(CC)C([2H])([2H])C([2H])([2H])C1([2H])[2H]. The maximum absolute atomic E-state index is 7.72. The molecule has 4 aliphatic rings. The van der Waals surface area contributed by atoms with Gasteiger partial charge in [-0.2, -0.15) is 0 Å². The second-order valence-corrected chi connectivity index (χ2v) is 21.6. The molecule has 0 nitrogen and oxygen atoms in total. The van der Waals surface area contributed by atoms with Gasteiger partial charge in [0.2, 0.25) is 0 Å². The molecule has 0 N–H and O–H groups in total. The Kier molecular flexibility index (Phi) is 21.2. The lowest BCUT2D eigenvalue weighted by Gasteiger charge is -2.18. The lowest BCUT2D eigenvalue weighted by atomic mass is 9.88. The van der Waals surface area contributed by atoms with Crippen LogP contribution in [0.4, 0.5) is 0 Å². The molecular weight excluding hydrogens is 1030 g/mol. The second kappa shape index (κ2) is 48.5. The summed E-state index contributed by atoms with van der Waals surface area (Å²) >= 11 is 0. The summed E-state index contributed by atoms with van der Waals surface area (Å²) in [4.78, 5) is 0. The minimum absolute atomic E-state index is 0.0685. The third-order valence-corrected chi connectivity index (χ3v) is 13.0. The summed E-state index contributed by atoms with van der Waals surface area (Å²) in [5.74, 6) is -5.75. The molecule has 0 bridgehead atoms. The molecule has 7 aromatic carbocycles. The summed E-state index contributed by atoms with van der Waals surface area (Å²) in [6, 6.07) is 55.0. The Balaban J connectivity index is 0.000000680. The predicted molar refractivity (Wildman–Crippen MR) is 390 cm³/mol. The van der Waals surface area contributed by atoms with Crippen LogP contribution in [0.1, 0.15) is 294 Å². The Morgan fingerprint density at radius 1 is 0.256 bits per heavy atom. The molecule has 0 unspecified atom stereocenters. The van der Waals surface area contributed by atoms with Crippen LogP contribution in [-0.2, 0) is 0 Å². The van der Waals surface area contributed by atoms with Crippen molar-refractivity contribution in [2.45, 2.75) is 266 Å². The average Bonchev–Trinajstić information content (AvgIpc) is 1.27. The lowest BCUT2D eigenvalue weighted by Crippen LogP contribution is -2.03. The minimum Gasteiger partial charge on any atom is -0.0651 e. The van der Waals surface area contributed by atoms with Crippen molar-refractivity contribution in [1.29, 1.82) is 0 Å². The molecule has 7 aromatic rings. The fourth-order valence-corrected chi connectivity index (χ4v) is 7.32. The zero-order chi connectivity index (χ0) is 96.3. The first kappa shape index (κ1) is 37.5. The van der Waals surface area contributed by atoms with E-state index in [-0.39, 0.29) is 12.8 Å². The van der Waals surface area contributed by atoms with E-state index in [0.717, 1.165) is 6.92 Å². The van der Waals surface area contributed by atoms with E-state index in [2.05, 4.69) is 250 Å². The van der Waals surface area contributed by atoms with E-state index >= 15 is 0 Å². The summed E-state index contributed by atoms with van der Waals surface area (Å²) in [7, 11) is 0. The van der Waals surface area contributed by atoms with Gasteiger partial charge in [-0.05, 0) is 173 Å². The zero-order valence-electron chi connectivity index (χ0n) is 91.7.